The first kappa shape index (κ1) is 14.3. The molecule has 0 spiro atoms. The second kappa shape index (κ2) is 5.91. The molecule has 0 aliphatic carbocycles. The maximum atomic E-state index is 13.1. The van der Waals surface area contributed by atoms with Gasteiger partial charge in [-0.2, -0.15) is 5.10 Å². The number of carbonyl (C=O) groups is 1. The molecule has 0 fully saturated rings. The predicted octanol–water partition coefficient (Wildman–Crippen LogP) is 1.21. The third kappa shape index (κ3) is 3.27. The van der Waals surface area contributed by atoms with Crippen molar-refractivity contribution < 1.29 is 13.4 Å². The number of nitrogens with zero attached hydrogens (tertiary/aromatic N) is 3. The highest BCUT2D eigenvalue weighted by atomic mass is 32.2. The quantitative estimate of drug-likeness (QED) is 0.920. The smallest absolute Gasteiger partial charge is 0.266 e. The number of aromatic nitrogens is 3. The maximum absolute atomic E-state index is 13.1. The van der Waals surface area contributed by atoms with Crippen LogP contribution in [0.1, 0.15) is 24.2 Å². The summed E-state index contributed by atoms with van der Waals surface area (Å²) in [6.07, 6.45) is 5.23. The summed E-state index contributed by atoms with van der Waals surface area (Å²) in [5, 5.41) is 3.77. The van der Waals surface area contributed by atoms with Gasteiger partial charge in [-0.3, -0.25) is 14.5 Å². The first-order valence-electron chi connectivity index (χ1n) is 5.84. The number of amides is 1. The number of pyridine rings is 1. The molecular formula is C12H13FN4O2S. The molecule has 6 nitrogen and oxygen atoms in total. The Hall–Kier alpha value is -2.09. The Morgan fingerprint density at radius 2 is 2.15 bits per heavy atom. The summed E-state index contributed by atoms with van der Waals surface area (Å²) >= 11 is 0. The van der Waals surface area contributed by atoms with Crippen LogP contribution >= 0.6 is 0 Å². The molecule has 1 amide bonds. The molecule has 0 aliphatic rings. The average Bonchev–Trinajstić information content (AvgIpc) is 2.88. The van der Waals surface area contributed by atoms with E-state index in [0.29, 0.717) is 5.69 Å². The molecule has 0 radical (unpaired) electrons. The van der Waals surface area contributed by atoms with Gasteiger partial charge in [-0.1, -0.05) is 0 Å². The molecule has 2 aromatic rings. The summed E-state index contributed by atoms with van der Waals surface area (Å²) in [4.78, 5) is 15.5. The van der Waals surface area contributed by atoms with E-state index in [1.54, 1.807) is 13.8 Å². The first-order chi connectivity index (χ1) is 9.47. The summed E-state index contributed by atoms with van der Waals surface area (Å²) in [6.45, 7) is 3.47. The lowest BCUT2D eigenvalue weighted by Crippen LogP contribution is -2.30. The van der Waals surface area contributed by atoms with Crippen LogP contribution in [0.5, 0.6) is 0 Å². The van der Waals surface area contributed by atoms with E-state index in [-0.39, 0.29) is 10.8 Å². The lowest BCUT2D eigenvalue weighted by Gasteiger charge is -2.05. The third-order valence-corrected chi connectivity index (χ3v) is 3.66. The molecule has 0 bridgehead atoms. The zero-order valence-corrected chi connectivity index (χ0v) is 11.7. The highest BCUT2D eigenvalue weighted by Gasteiger charge is 2.14. The number of halogens is 1. The van der Waals surface area contributed by atoms with E-state index < -0.39 is 22.7 Å². The molecule has 0 saturated heterocycles. The Kier molecular flexibility index (Phi) is 4.23. The molecule has 2 heterocycles. The van der Waals surface area contributed by atoms with Crippen molar-refractivity contribution in [2.75, 3.05) is 0 Å². The van der Waals surface area contributed by atoms with Crippen molar-refractivity contribution >= 4 is 16.9 Å². The minimum absolute atomic E-state index is 0.179. The van der Waals surface area contributed by atoms with Gasteiger partial charge in [-0.15, -0.1) is 0 Å². The van der Waals surface area contributed by atoms with Crippen LogP contribution in [0.4, 0.5) is 4.39 Å². The fourth-order valence-corrected chi connectivity index (χ4v) is 1.91. The lowest BCUT2D eigenvalue weighted by molar-refractivity contribution is 0.0982. The van der Waals surface area contributed by atoms with Crippen molar-refractivity contribution in [1.29, 1.82) is 0 Å². The molecule has 106 valence electrons. The van der Waals surface area contributed by atoms with E-state index in [2.05, 4.69) is 14.8 Å². The van der Waals surface area contributed by atoms with Crippen molar-refractivity contribution in [1.82, 2.24) is 19.5 Å². The zero-order chi connectivity index (χ0) is 14.7. The molecule has 0 aromatic carbocycles. The van der Waals surface area contributed by atoms with Gasteiger partial charge in [0.25, 0.3) is 5.91 Å². The van der Waals surface area contributed by atoms with Crippen molar-refractivity contribution in [2.24, 2.45) is 0 Å². The molecule has 1 atom stereocenters. The molecule has 1 N–H and O–H groups in total. The SMILES string of the molecule is CC(C)S(=O)NC(=O)c1cnn(-c2cncc(F)c2)c1. The molecule has 0 saturated carbocycles. The van der Waals surface area contributed by atoms with E-state index in [1.165, 1.54) is 29.3 Å². The zero-order valence-electron chi connectivity index (χ0n) is 10.9. The van der Waals surface area contributed by atoms with Crippen molar-refractivity contribution in [3.8, 4) is 5.69 Å². The monoisotopic (exact) mass is 296 g/mol. The van der Waals surface area contributed by atoms with Crippen LogP contribution in [0, 0.1) is 5.82 Å². The fourth-order valence-electron chi connectivity index (χ4n) is 1.38. The Balaban J connectivity index is 2.17. The topological polar surface area (TPSA) is 76.9 Å². The summed E-state index contributed by atoms with van der Waals surface area (Å²) in [5.41, 5.74) is 0.636. The van der Waals surface area contributed by atoms with E-state index in [4.69, 9.17) is 0 Å². The lowest BCUT2D eigenvalue weighted by atomic mass is 10.3. The Morgan fingerprint density at radius 1 is 1.40 bits per heavy atom. The van der Waals surface area contributed by atoms with Gasteiger partial charge in [0.1, 0.15) is 16.8 Å². The van der Waals surface area contributed by atoms with E-state index in [1.807, 2.05) is 0 Å². The van der Waals surface area contributed by atoms with E-state index in [9.17, 15) is 13.4 Å². The standard InChI is InChI=1S/C12H13FN4O2S/c1-8(2)20(19)16-12(18)9-4-15-17(7-9)11-3-10(13)5-14-6-11/h3-8H,1-2H3,(H,16,18). The minimum Gasteiger partial charge on any atom is -0.271 e. The van der Waals surface area contributed by atoms with E-state index >= 15 is 0 Å². The Labute approximate surface area is 117 Å². The van der Waals surface area contributed by atoms with Gasteiger partial charge < -0.3 is 0 Å². The summed E-state index contributed by atoms with van der Waals surface area (Å²) in [5.74, 6) is -0.988. The largest absolute Gasteiger partial charge is 0.271 e. The first-order valence-corrected chi connectivity index (χ1v) is 7.06. The molecule has 1 unspecified atom stereocenters. The fraction of sp³-hybridized carbons (Fsp3) is 0.250. The van der Waals surface area contributed by atoms with Gasteiger partial charge in [0.15, 0.2) is 0 Å². The van der Waals surface area contributed by atoms with Crippen LogP contribution < -0.4 is 4.72 Å². The predicted molar refractivity (Wildman–Crippen MR) is 72.1 cm³/mol. The molecule has 2 rings (SSSR count). The van der Waals surface area contributed by atoms with Crippen LogP contribution in [0.25, 0.3) is 5.69 Å². The highest BCUT2D eigenvalue weighted by molar-refractivity contribution is 7.84. The Bertz CT molecular complexity index is 656. The van der Waals surface area contributed by atoms with Crippen LogP contribution in [0.2, 0.25) is 0 Å². The van der Waals surface area contributed by atoms with Gasteiger partial charge in [0.2, 0.25) is 0 Å². The van der Waals surface area contributed by atoms with Gasteiger partial charge >= 0.3 is 0 Å². The summed E-state index contributed by atoms with van der Waals surface area (Å²) in [7, 11) is -1.45. The maximum Gasteiger partial charge on any atom is 0.266 e. The second-order valence-corrected chi connectivity index (χ2v) is 6.05. The Morgan fingerprint density at radius 3 is 2.80 bits per heavy atom. The molecular weight excluding hydrogens is 283 g/mol. The van der Waals surface area contributed by atoms with Crippen LogP contribution in [0.15, 0.2) is 30.9 Å². The molecule has 8 heteroatoms. The average molecular weight is 296 g/mol. The third-order valence-electron chi connectivity index (χ3n) is 2.42. The van der Waals surface area contributed by atoms with Crippen LogP contribution in [-0.4, -0.2) is 30.1 Å². The van der Waals surface area contributed by atoms with Crippen molar-refractivity contribution in [3.05, 3.63) is 42.2 Å². The van der Waals surface area contributed by atoms with Crippen molar-refractivity contribution in [2.45, 2.75) is 19.1 Å². The second-order valence-electron chi connectivity index (χ2n) is 4.31. The van der Waals surface area contributed by atoms with Crippen LogP contribution in [0.3, 0.4) is 0 Å². The van der Waals surface area contributed by atoms with Crippen LogP contribution in [-0.2, 0) is 11.0 Å². The normalized spacial score (nSPS) is 12.4. The van der Waals surface area contributed by atoms with E-state index in [0.717, 1.165) is 6.20 Å². The minimum atomic E-state index is -1.45. The number of hydrogen-bond donors (Lipinski definition) is 1. The van der Waals surface area contributed by atoms with Gasteiger partial charge in [0.05, 0.1) is 29.8 Å². The van der Waals surface area contributed by atoms with Gasteiger partial charge in [-0.05, 0) is 13.8 Å². The number of hydrogen-bond acceptors (Lipinski definition) is 4. The molecule has 20 heavy (non-hydrogen) atoms. The molecule has 0 aliphatic heterocycles. The van der Waals surface area contributed by atoms with Gasteiger partial charge in [0, 0.05) is 17.5 Å². The summed E-state index contributed by atoms with van der Waals surface area (Å²) in [6, 6.07) is 1.24. The number of carbonyl (C=O) groups excluding carboxylic acids is 1. The van der Waals surface area contributed by atoms with Crippen molar-refractivity contribution in [3.63, 3.8) is 0 Å². The highest BCUT2D eigenvalue weighted by Crippen LogP contribution is 2.08. The number of nitrogens with one attached hydrogen (secondary N) is 1. The number of rotatable bonds is 4. The van der Waals surface area contributed by atoms with Gasteiger partial charge in [-0.25, -0.2) is 13.3 Å². The molecule has 2 aromatic heterocycles. The summed E-state index contributed by atoms with van der Waals surface area (Å²) < 4.78 is 28.3.